The summed E-state index contributed by atoms with van der Waals surface area (Å²) in [7, 11) is -3.47. The minimum atomic E-state index is -3.47. The first kappa shape index (κ1) is 18.1. The van der Waals surface area contributed by atoms with Gasteiger partial charge in [-0.1, -0.05) is 24.3 Å². The van der Waals surface area contributed by atoms with Crippen molar-refractivity contribution in [2.24, 2.45) is 0 Å². The molecule has 1 saturated heterocycles. The lowest BCUT2D eigenvalue weighted by Crippen LogP contribution is -2.27. The minimum absolute atomic E-state index is 0.0964. The SMILES string of the molecule is O=C(CSc1ccccc1F)c1ccc(S(=O)(=O)N2CCCC2)cc1. The molecule has 0 N–H and O–H groups in total. The highest BCUT2D eigenvalue weighted by Crippen LogP contribution is 2.24. The Morgan fingerprint density at radius 2 is 1.68 bits per heavy atom. The zero-order chi connectivity index (χ0) is 17.9. The van der Waals surface area contributed by atoms with E-state index in [1.54, 1.807) is 18.2 Å². The molecule has 0 amide bonds. The van der Waals surface area contributed by atoms with Gasteiger partial charge in [0.05, 0.1) is 10.6 Å². The fraction of sp³-hybridized carbons (Fsp3) is 0.278. The summed E-state index contributed by atoms with van der Waals surface area (Å²) in [4.78, 5) is 12.9. The molecule has 2 aromatic rings. The van der Waals surface area contributed by atoms with Gasteiger partial charge in [-0.25, -0.2) is 12.8 Å². The summed E-state index contributed by atoms with van der Waals surface area (Å²) in [5.41, 5.74) is 0.421. The van der Waals surface area contributed by atoms with Crippen LogP contribution in [0.15, 0.2) is 58.3 Å². The van der Waals surface area contributed by atoms with Crippen LogP contribution in [0.2, 0.25) is 0 Å². The van der Waals surface area contributed by atoms with E-state index in [9.17, 15) is 17.6 Å². The van der Waals surface area contributed by atoms with Gasteiger partial charge >= 0.3 is 0 Å². The van der Waals surface area contributed by atoms with E-state index in [1.807, 2.05) is 0 Å². The molecule has 0 aliphatic carbocycles. The molecule has 4 nitrogen and oxygen atoms in total. The van der Waals surface area contributed by atoms with Crippen molar-refractivity contribution in [3.05, 3.63) is 59.9 Å². The molecule has 0 saturated carbocycles. The molecule has 25 heavy (non-hydrogen) atoms. The molecule has 0 atom stereocenters. The molecular formula is C18H18FNO3S2. The second kappa shape index (κ2) is 7.68. The fourth-order valence-electron chi connectivity index (χ4n) is 2.68. The maximum absolute atomic E-state index is 13.6. The molecule has 0 spiro atoms. The second-order valence-corrected chi connectivity index (χ2v) is 8.73. The van der Waals surface area contributed by atoms with Crippen LogP contribution in [0.4, 0.5) is 4.39 Å². The Morgan fingerprint density at radius 1 is 1.04 bits per heavy atom. The van der Waals surface area contributed by atoms with Gasteiger partial charge in [-0.15, -0.1) is 11.8 Å². The van der Waals surface area contributed by atoms with E-state index in [4.69, 9.17) is 0 Å². The quantitative estimate of drug-likeness (QED) is 0.569. The normalized spacial score (nSPS) is 15.4. The van der Waals surface area contributed by atoms with Crippen LogP contribution < -0.4 is 0 Å². The van der Waals surface area contributed by atoms with Crippen molar-refractivity contribution in [1.29, 1.82) is 0 Å². The van der Waals surface area contributed by atoms with Gasteiger partial charge in [0.1, 0.15) is 5.82 Å². The molecule has 2 aromatic carbocycles. The fourth-order valence-corrected chi connectivity index (χ4v) is 5.03. The zero-order valence-electron chi connectivity index (χ0n) is 13.5. The molecule has 0 bridgehead atoms. The molecule has 1 aliphatic heterocycles. The van der Waals surface area contributed by atoms with Gasteiger partial charge in [0.25, 0.3) is 0 Å². The number of benzene rings is 2. The Balaban J connectivity index is 1.67. The number of hydrogen-bond donors (Lipinski definition) is 0. The minimum Gasteiger partial charge on any atom is -0.293 e. The molecule has 7 heteroatoms. The van der Waals surface area contributed by atoms with Crippen molar-refractivity contribution in [3.63, 3.8) is 0 Å². The Morgan fingerprint density at radius 3 is 2.32 bits per heavy atom. The topological polar surface area (TPSA) is 54.5 Å². The molecule has 1 fully saturated rings. The van der Waals surface area contributed by atoms with Crippen LogP contribution in [0.3, 0.4) is 0 Å². The molecule has 132 valence electrons. The molecule has 0 unspecified atom stereocenters. The van der Waals surface area contributed by atoms with E-state index < -0.39 is 10.0 Å². The van der Waals surface area contributed by atoms with Crippen LogP contribution >= 0.6 is 11.8 Å². The van der Waals surface area contributed by atoms with E-state index >= 15 is 0 Å². The number of rotatable bonds is 6. The van der Waals surface area contributed by atoms with Crippen molar-refractivity contribution < 1.29 is 17.6 Å². The van der Waals surface area contributed by atoms with Crippen LogP contribution in [0.1, 0.15) is 23.2 Å². The second-order valence-electron chi connectivity index (χ2n) is 5.78. The monoisotopic (exact) mass is 379 g/mol. The van der Waals surface area contributed by atoms with E-state index in [0.717, 1.165) is 24.6 Å². The number of carbonyl (C=O) groups is 1. The number of carbonyl (C=O) groups excluding carboxylic acids is 1. The molecule has 3 rings (SSSR count). The van der Waals surface area contributed by atoms with Gasteiger partial charge in [-0.05, 0) is 37.1 Å². The highest BCUT2D eigenvalue weighted by atomic mass is 32.2. The van der Waals surface area contributed by atoms with Crippen molar-refractivity contribution in [2.45, 2.75) is 22.6 Å². The Hall–Kier alpha value is -1.70. The average molecular weight is 379 g/mol. The van der Waals surface area contributed by atoms with Crippen LogP contribution in [-0.4, -0.2) is 37.3 Å². The first-order valence-electron chi connectivity index (χ1n) is 7.99. The zero-order valence-corrected chi connectivity index (χ0v) is 15.2. The Kier molecular flexibility index (Phi) is 5.56. The van der Waals surface area contributed by atoms with Crippen LogP contribution in [0.5, 0.6) is 0 Å². The number of Topliss-reactive ketones (excluding diaryl/α,β-unsaturated/α-hetero) is 1. The number of sulfonamides is 1. The van der Waals surface area contributed by atoms with Crippen LogP contribution in [-0.2, 0) is 10.0 Å². The Labute approximate surface area is 151 Å². The smallest absolute Gasteiger partial charge is 0.243 e. The molecular weight excluding hydrogens is 361 g/mol. The summed E-state index contributed by atoms with van der Waals surface area (Å²) in [5, 5.41) is 0. The lowest BCUT2D eigenvalue weighted by atomic mass is 10.1. The summed E-state index contributed by atoms with van der Waals surface area (Å²) in [6.45, 7) is 1.09. The highest BCUT2D eigenvalue weighted by molar-refractivity contribution is 8.00. The van der Waals surface area contributed by atoms with Crippen molar-refractivity contribution >= 4 is 27.6 Å². The molecule has 0 aromatic heterocycles. The summed E-state index contributed by atoms with van der Waals surface area (Å²) in [6, 6.07) is 12.3. The maximum Gasteiger partial charge on any atom is 0.243 e. The van der Waals surface area contributed by atoms with Crippen LogP contribution in [0.25, 0.3) is 0 Å². The van der Waals surface area contributed by atoms with E-state index in [1.165, 1.54) is 34.6 Å². The van der Waals surface area contributed by atoms with Crippen molar-refractivity contribution in [1.82, 2.24) is 4.31 Å². The number of hydrogen-bond acceptors (Lipinski definition) is 4. The van der Waals surface area contributed by atoms with Gasteiger partial charge in [0.15, 0.2) is 5.78 Å². The Bertz CT molecular complexity index is 860. The third-order valence-electron chi connectivity index (χ3n) is 4.07. The van der Waals surface area contributed by atoms with Gasteiger partial charge < -0.3 is 0 Å². The summed E-state index contributed by atoms with van der Waals surface area (Å²) < 4.78 is 40.0. The number of thioether (sulfide) groups is 1. The third-order valence-corrected chi connectivity index (χ3v) is 7.04. The standard InChI is InChI=1S/C18H18FNO3S2/c19-16-5-1-2-6-18(16)24-13-17(21)14-7-9-15(10-8-14)25(22,23)20-11-3-4-12-20/h1-2,5-10H,3-4,11-13H2. The number of ketones is 1. The summed E-state index contributed by atoms with van der Waals surface area (Å²) in [5.74, 6) is -0.426. The lowest BCUT2D eigenvalue weighted by molar-refractivity contribution is 0.102. The average Bonchev–Trinajstić information content (AvgIpc) is 3.16. The first-order chi connectivity index (χ1) is 12.0. The highest BCUT2D eigenvalue weighted by Gasteiger charge is 2.27. The molecule has 1 aliphatic rings. The largest absolute Gasteiger partial charge is 0.293 e. The van der Waals surface area contributed by atoms with E-state index in [0.29, 0.717) is 23.5 Å². The van der Waals surface area contributed by atoms with Gasteiger partial charge in [0.2, 0.25) is 10.0 Å². The van der Waals surface area contributed by atoms with Crippen molar-refractivity contribution in [2.75, 3.05) is 18.8 Å². The van der Waals surface area contributed by atoms with Crippen molar-refractivity contribution in [3.8, 4) is 0 Å². The summed E-state index contributed by atoms with van der Waals surface area (Å²) >= 11 is 1.13. The maximum atomic E-state index is 13.6. The first-order valence-corrected chi connectivity index (χ1v) is 10.4. The van der Waals surface area contributed by atoms with Gasteiger partial charge in [-0.3, -0.25) is 4.79 Å². The number of halogens is 1. The van der Waals surface area contributed by atoms with Gasteiger partial charge in [0, 0.05) is 23.5 Å². The molecule has 1 heterocycles. The van der Waals surface area contributed by atoms with E-state index in [2.05, 4.69) is 0 Å². The molecule has 0 radical (unpaired) electrons. The van der Waals surface area contributed by atoms with Crippen LogP contribution in [0, 0.1) is 5.82 Å². The lowest BCUT2D eigenvalue weighted by Gasteiger charge is -2.15. The third kappa shape index (κ3) is 4.11. The predicted molar refractivity (Wildman–Crippen MR) is 95.9 cm³/mol. The number of nitrogens with zero attached hydrogens (tertiary/aromatic N) is 1. The summed E-state index contributed by atoms with van der Waals surface area (Å²) in [6.07, 6.45) is 1.76. The predicted octanol–water partition coefficient (Wildman–Crippen LogP) is 3.59. The van der Waals surface area contributed by atoms with E-state index in [-0.39, 0.29) is 22.2 Å². The van der Waals surface area contributed by atoms with Gasteiger partial charge in [-0.2, -0.15) is 4.31 Å².